The Hall–Kier alpha value is -3.10. The van der Waals surface area contributed by atoms with Crippen LogP contribution in [0.2, 0.25) is 0 Å². The Labute approximate surface area is 173 Å². The number of fused-ring (bicyclic) bond motifs is 1. The maximum atomic E-state index is 14.2. The number of pyridine rings is 2. The van der Waals surface area contributed by atoms with Crippen molar-refractivity contribution in [1.29, 1.82) is 0 Å². The number of carbonyl (C=O) groups is 1. The van der Waals surface area contributed by atoms with Crippen LogP contribution in [0, 0.1) is 5.82 Å². The molecule has 1 fully saturated rings. The molecule has 1 amide bonds. The summed E-state index contributed by atoms with van der Waals surface area (Å²) in [4.78, 5) is 31.5. The summed E-state index contributed by atoms with van der Waals surface area (Å²) in [6.45, 7) is 4.50. The molecule has 1 saturated heterocycles. The molecule has 1 aromatic carbocycles. The van der Waals surface area contributed by atoms with Crippen LogP contribution in [-0.4, -0.2) is 54.9 Å². The SMILES string of the molecule is O=C(NCC[NH+]1CCOCC1)c1cc2cccnc2n(Cc2ccccc2F)c1=O. The first-order valence-corrected chi connectivity index (χ1v) is 10.0. The molecule has 0 atom stereocenters. The van der Waals surface area contributed by atoms with Crippen molar-refractivity contribution in [3.05, 3.63) is 76.0 Å². The van der Waals surface area contributed by atoms with E-state index in [9.17, 15) is 14.0 Å². The number of halogens is 1. The van der Waals surface area contributed by atoms with Gasteiger partial charge in [0.15, 0.2) is 0 Å². The molecular weight excluding hydrogens is 387 g/mol. The minimum Gasteiger partial charge on any atom is -0.370 e. The summed E-state index contributed by atoms with van der Waals surface area (Å²) >= 11 is 0. The van der Waals surface area contributed by atoms with Gasteiger partial charge < -0.3 is 15.0 Å². The van der Waals surface area contributed by atoms with Crippen molar-refractivity contribution in [2.24, 2.45) is 0 Å². The van der Waals surface area contributed by atoms with Crippen LogP contribution in [0.1, 0.15) is 15.9 Å². The van der Waals surface area contributed by atoms with Gasteiger partial charge in [0, 0.05) is 17.1 Å². The molecular formula is C22H24FN4O3+. The standard InChI is InChI=1S/C22H23FN4O3/c23-19-6-2-1-4-17(19)15-27-20-16(5-3-7-24-20)14-18(22(27)29)21(28)25-8-9-26-10-12-30-13-11-26/h1-7,14H,8-13,15H2,(H,25,28)/p+1. The lowest BCUT2D eigenvalue weighted by Crippen LogP contribution is -3.14. The molecule has 30 heavy (non-hydrogen) atoms. The Morgan fingerprint density at radius 3 is 2.80 bits per heavy atom. The summed E-state index contributed by atoms with van der Waals surface area (Å²) in [7, 11) is 0. The number of nitrogens with one attached hydrogen (secondary N) is 2. The zero-order valence-corrected chi connectivity index (χ0v) is 16.6. The Morgan fingerprint density at radius 2 is 2.00 bits per heavy atom. The van der Waals surface area contributed by atoms with Gasteiger partial charge in [0.05, 0.1) is 32.8 Å². The molecule has 7 nitrogen and oxygen atoms in total. The molecule has 3 aromatic rings. The fraction of sp³-hybridized carbons (Fsp3) is 0.318. The molecule has 2 aromatic heterocycles. The highest BCUT2D eigenvalue weighted by molar-refractivity contribution is 5.96. The lowest BCUT2D eigenvalue weighted by Gasteiger charge is -2.23. The summed E-state index contributed by atoms with van der Waals surface area (Å²) in [5.74, 6) is -0.836. The van der Waals surface area contributed by atoms with Crippen molar-refractivity contribution >= 4 is 16.9 Å². The van der Waals surface area contributed by atoms with Gasteiger partial charge in [0.1, 0.15) is 30.1 Å². The normalized spacial score (nSPS) is 14.7. The van der Waals surface area contributed by atoms with Crippen molar-refractivity contribution in [2.75, 3.05) is 39.4 Å². The van der Waals surface area contributed by atoms with E-state index in [1.807, 2.05) is 0 Å². The van der Waals surface area contributed by atoms with E-state index in [0.29, 0.717) is 23.1 Å². The second kappa shape index (κ2) is 9.15. The number of benzene rings is 1. The second-order valence-corrected chi connectivity index (χ2v) is 7.33. The van der Waals surface area contributed by atoms with Crippen LogP contribution in [0.3, 0.4) is 0 Å². The van der Waals surface area contributed by atoms with Gasteiger partial charge in [-0.15, -0.1) is 0 Å². The molecule has 8 heteroatoms. The first-order chi connectivity index (χ1) is 14.6. The van der Waals surface area contributed by atoms with Crippen LogP contribution in [0.4, 0.5) is 4.39 Å². The summed E-state index contributed by atoms with van der Waals surface area (Å²) < 4.78 is 20.9. The molecule has 4 rings (SSSR count). The smallest absolute Gasteiger partial charge is 0.265 e. The average molecular weight is 411 g/mol. The molecule has 3 heterocycles. The number of hydrogen-bond donors (Lipinski definition) is 2. The molecule has 0 unspecified atom stereocenters. The van der Waals surface area contributed by atoms with Crippen molar-refractivity contribution in [3.8, 4) is 0 Å². The number of quaternary nitrogens is 1. The predicted octanol–water partition coefficient (Wildman–Crippen LogP) is 0.229. The van der Waals surface area contributed by atoms with Gasteiger partial charge in [0.25, 0.3) is 11.5 Å². The summed E-state index contributed by atoms with van der Waals surface area (Å²) in [6, 6.07) is 11.4. The lowest BCUT2D eigenvalue weighted by atomic mass is 10.1. The molecule has 156 valence electrons. The molecule has 1 aliphatic heterocycles. The fourth-order valence-electron chi connectivity index (χ4n) is 3.67. The molecule has 0 aliphatic carbocycles. The van der Waals surface area contributed by atoms with E-state index < -0.39 is 17.3 Å². The third-order valence-electron chi connectivity index (χ3n) is 5.34. The minimum absolute atomic E-state index is 0.00192. The maximum Gasteiger partial charge on any atom is 0.265 e. The van der Waals surface area contributed by atoms with Gasteiger partial charge in [0.2, 0.25) is 0 Å². The highest BCUT2D eigenvalue weighted by atomic mass is 19.1. The number of morpholine rings is 1. The number of rotatable bonds is 6. The van der Waals surface area contributed by atoms with Crippen molar-refractivity contribution in [2.45, 2.75) is 6.54 Å². The number of aromatic nitrogens is 2. The van der Waals surface area contributed by atoms with Crippen molar-refractivity contribution in [3.63, 3.8) is 0 Å². The number of nitrogens with zero attached hydrogens (tertiary/aromatic N) is 2. The zero-order chi connectivity index (χ0) is 20.9. The van der Waals surface area contributed by atoms with Crippen molar-refractivity contribution in [1.82, 2.24) is 14.9 Å². The van der Waals surface area contributed by atoms with E-state index in [4.69, 9.17) is 4.74 Å². The van der Waals surface area contributed by atoms with E-state index in [0.717, 1.165) is 32.8 Å². The third kappa shape index (κ3) is 4.39. The monoisotopic (exact) mass is 411 g/mol. The quantitative estimate of drug-likeness (QED) is 0.609. The van der Waals surface area contributed by atoms with Crippen LogP contribution in [0.5, 0.6) is 0 Å². The van der Waals surface area contributed by atoms with E-state index in [1.54, 1.807) is 42.6 Å². The van der Waals surface area contributed by atoms with E-state index in [1.165, 1.54) is 15.5 Å². The van der Waals surface area contributed by atoms with E-state index in [-0.39, 0.29) is 12.1 Å². The van der Waals surface area contributed by atoms with Gasteiger partial charge >= 0.3 is 0 Å². The van der Waals surface area contributed by atoms with E-state index in [2.05, 4.69) is 10.3 Å². The topological polar surface area (TPSA) is 77.7 Å². The molecule has 1 aliphatic rings. The van der Waals surface area contributed by atoms with Crippen LogP contribution in [0.25, 0.3) is 11.0 Å². The molecule has 0 saturated carbocycles. The maximum absolute atomic E-state index is 14.2. The first-order valence-electron chi connectivity index (χ1n) is 10.0. The summed E-state index contributed by atoms with van der Waals surface area (Å²) in [6.07, 6.45) is 1.57. The third-order valence-corrected chi connectivity index (χ3v) is 5.34. The number of hydrogen-bond acceptors (Lipinski definition) is 4. The van der Waals surface area contributed by atoms with Gasteiger partial charge in [-0.3, -0.25) is 14.2 Å². The van der Waals surface area contributed by atoms with Crippen LogP contribution in [-0.2, 0) is 11.3 Å². The van der Waals surface area contributed by atoms with Crippen LogP contribution >= 0.6 is 0 Å². The molecule has 0 radical (unpaired) electrons. The number of carbonyl (C=O) groups excluding carboxylic acids is 1. The Kier molecular flexibility index (Phi) is 6.15. The number of ether oxygens (including phenoxy) is 1. The predicted molar refractivity (Wildman–Crippen MR) is 110 cm³/mol. The van der Waals surface area contributed by atoms with Crippen LogP contribution in [0.15, 0.2) is 53.5 Å². The largest absolute Gasteiger partial charge is 0.370 e. The molecule has 2 N–H and O–H groups in total. The Balaban J connectivity index is 1.60. The molecule has 0 bridgehead atoms. The minimum atomic E-state index is -0.485. The Bertz CT molecular complexity index is 1110. The first kappa shape index (κ1) is 20.2. The van der Waals surface area contributed by atoms with Crippen molar-refractivity contribution < 1.29 is 18.8 Å². The molecule has 0 spiro atoms. The van der Waals surface area contributed by atoms with E-state index >= 15 is 0 Å². The average Bonchev–Trinajstić information content (AvgIpc) is 2.77. The zero-order valence-electron chi connectivity index (χ0n) is 16.6. The van der Waals surface area contributed by atoms with Gasteiger partial charge in [-0.1, -0.05) is 18.2 Å². The Morgan fingerprint density at radius 1 is 1.20 bits per heavy atom. The van der Waals surface area contributed by atoms with Crippen LogP contribution < -0.4 is 15.8 Å². The van der Waals surface area contributed by atoms with Gasteiger partial charge in [-0.25, -0.2) is 9.37 Å². The highest BCUT2D eigenvalue weighted by Gasteiger charge is 2.18. The van der Waals surface area contributed by atoms with Gasteiger partial charge in [-0.05, 0) is 24.3 Å². The summed E-state index contributed by atoms with van der Waals surface area (Å²) in [5, 5.41) is 3.50. The highest BCUT2D eigenvalue weighted by Crippen LogP contribution is 2.14. The summed E-state index contributed by atoms with van der Waals surface area (Å²) in [5.41, 5.74) is 0.324. The fourth-order valence-corrected chi connectivity index (χ4v) is 3.67. The second-order valence-electron chi connectivity index (χ2n) is 7.33. The van der Waals surface area contributed by atoms with Gasteiger partial charge in [-0.2, -0.15) is 0 Å². The number of amides is 1. The lowest BCUT2D eigenvalue weighted by molar-refractivity contribution is -0.906.